The van der Waals surface area contributed by atoms with Gasteiger partial charge in [0.15, 0.2) is 0 Å². The van der Waals surface area contributed by atoms with Gasteiger partial charge in [-0.1, -0.05) is 28.1 Å². The maximum absolute atomic E-state index is 10.4. The van der Waals surface area contributed by atoms with E-state index in [0.717, 1.165) is 22.2 Å². The fraction of sp³-hybridized carbons (Fsp3) is 0.300. The molecule has 0 aliphatic carbocycles. The highest BCUT2D eigenvalue weighted by molar-refractivity contribution is 9.09. The number of aliphatic carboxylic acids is 1. The average Bonchev–Trinajstić information content (AvgIpc) is 2.52. The molecule has 0 aliphatic heterocycles. The molecule has 4 heteroatoms. The molecule has 0 aliphatic rings. The van der Waals surface area contributed by atoms with Crippen LogP contribution in [-0.2, 0) is 11.2 Å². The minimum atomic E-state index is -0.775. The highest BCUT2D eigenvalue weighted by atomic mass is 79.9. The van der Waals surface area contributed by atoms with Crippen LogP contribution in [0.15, 0.2) is 17.5 Å². The van der Waals surface area contributed by atoms with Crippen molar-refractivity contribution in [2.24, 2.45) is 0 Å². The van der Waals surface area contributed by atoms with Gasteiger partial charge >= 0.3 is 5.97 Å². The van der Waals surface area contributed by atoms with Crippen molar-refractivity contribution in [2.75, 3.05) is 5.33 Å². The molecule has 0 fully saturated rings. The fourth-order valence-electron chi connectivity index (χ4n) is 1.01. The Morgan fingerprint density at radius 2 is 2.43 bits per heavy atom. The molecular formula is C10H11BrO2S. The molecule has 0 amide bonds. The Labute approximate surface area is 95.4 Å². The molecule has 0 aromatic carbocycles. The summed E-state index contributed by atoms with van der Waals surface area (Å²) in [5.74, 6) is -0.775. The molecule has 14 heavy (non-hydrogen) atoms. The van der Waals surface area contributed by atoms with Crippen molar-refractivity contribution in [3.05, 3.63) is 28.0 Å². The molecule has 0 spiro atoms. The zero-order valence-corrected chi connectivity index (χ0v) is 9.97. The van der Waals surface area contributed by atoms with Crippen molar-refractivity contribution in [1.29, 1.82) is 0 Å². The number of hydrogen-bond donors (Lipinski definition) is 1. The third-order valence-corrected chi connectivity index (χ3v) is 3.00. The second-order valence-electron chi connectivity index (χ2n) is 2.80. The van der Waals surface area contributed by atoms with E-state index >= 15 is 0 Å². The topological polar surface area (TPSA) is 37.3 Å². The van der Waals surface area contributed by atoms with Crippen molar-refractivity contribution in [3.63, 3.8) is 0 Å². The van der Waals surface area contributed by atoms with Crippen LogP contribution >= 0.6 is 27.3 Å². The van der Waals surface area contributed by atoms with Gasteiger partial charge in [0, 0.05) is 10.2 Å². The van der Waals surface area contributed by atoms with Crippen LogP contribution in [0.25, 0.3) is 6.08 Å². The lowest BCUT2D eigenvalue weighted by Crippen LogP contribution is -1.97. The van der Waals surface area contributed by atoms with Crippen molar-refractivity contribution in [1.82, 2.24) is 0 Å². The second kappa shape index (κ2) is 5.98. The number of carboxylic acid groups (broad SMARTS) is 1. The van der Waals surface area contributed by atoms with Crippen molar-refractivity contribution in [3.8, 4) is 0 Å². The van der Waals surface area contributed by atoms with E-state index in [4.69, 9.17) is 5.11 Å². The summed E-state index contributed by atoms with van der Waals surface area (Å²) in [4.78, 5) is 11.3. The largest absolute Gasteiger partial charge is 0.481 e. The number of thiophene rings is 1. The highest BCUT2D eigenvalue weighted by Gasteiger charge is 2.02. The molecule has 0 radical (unpaired) electrons. The van der Waals surface area contributed by atoms with Gasteiger partial charge in [0.25, 0.3) is 0 Å². The van der Waals surface area contributed by atoms with E-state index < -0.39 is 5.97 Å². The molecule has 1 rings (SSSR count). The van der Waals surface area contributed by atoms with Gasteiger partial charge in [-0.05, 0) is 23.4 Å². The quantitative estimate of drug-likeness (QED) is 0.838. The van der Waals surface area contributed by atoms with Gasteiger partial charge < -0.3 is 5.11 Å². The smallest absolute Gasteiger partial charge is 0.308 e. The first-order valence-electron chi connectivity index (χ1n) is 4.24. The maximum Gasteiger partial charge on any atom is 0.308 e. The molecule has 0 atom stereocenters. The number of carbonyl (C=O) groups is 1. The Morgan fingerprint density at radius 3 is 3.07 bits per heavy atom. The first-order chi connectivity index (χ1) is 6.72. The van der Waals surface area contributed by atoms with Gasteiger partial charge in [0.05, 0.1) is 6.42 Å². The van der Waals surface area contributed by atoms with Gasteiger partial charge in [-0.2, -0.15) is 0 Å². The summed E-state index contributed by atoms with van der Waals surface area (Å²) < 4.78 is 0. The predicted octanol–water partition coefficient (Wildman–Crippen LogP) is 3.17. The minimum Gasteiger partial charge on any atom is -0.481 e. The zero-order chi connectivity index (χ0) is 10.4. The lowest BCUT2D eigenvalue weighted by Gasteiger charge is -1.87. The van der Waals surface area contributed by atoms with Crippen LogP contribution in [-0.4, -0.2) is 16.4 Å². The highest BCUT2D eigenvalue weighted by Crippen LogP contribution is 2.16. The van der Waals surface area contributed by atoms with Gasteiger partial charge in [0.1, 0.15) is 0 Å². The van der Waals surface area contributed by atoms with Gasteiger partial charge in [-0.25, -0.2) is 0 Å². The summed E-state index contributed by atoms with van der Waals surface area (Å²) in [7, 11) is 0. The third kappa shape index (κ3) is 4.07. The monoisotopic (exact) mass is 274 g/mol. The van der Waals surface area contributed by atoms with Crippen molar-refractivity contribution in [2.45, 2.75) is 12.8 Å². The first-order valence-corrected chi connectivity index (χ1v) is 6.24. The Morgan fingerprint density at radius 1 is 1.64 bits per heavy atom. The molecule has 1 N–H and O–H groups in total. The summed E-state index contributed by atoms with van der Waals surface area (Å²) in [5.41, 5.74) is 1.09. The number of allylic oxidation sites excluding steroid dienone is 1. The fourth-order valence-corrected chi connectivity index (χ4v) is 2.12. The number of rotatable bonds is 5. The normalized spacial score (nSPS) is 10.9. The second-order valence-corrected chi connectivity index (χ2v) is 4.59. The van der Waals surface area contributed by atoms with Crippen molar-refractivity contribution >= 4 is 39.3 Å². The summed E-state index contributed by atoms with van der Waals surface area (Å²) in [6.07, 6.45) is 5.20. The van der Waals surface area contributed by atoms with Crippen LogP contribution in [0.1, 0.15) is 16.9 Å². The SMILES string of the molecule is O=C(O)Cc1cc(C=CCCBr)cs1. The third-order valence-electron chi connectivity index (χ3n) is 1.59. The summed E-state index contributed by atoms with van der Waals surface area (Å²) in [6.45, 7) is 0. The molecular weight excluding hydrogens is 264 g/mol. The number of alkyl halides is 1. The average molecular weight is 275 g/mol. The molecule has 0 unspecified atom stereocenters. The van der Waals surface area contributed by atoms with Gasteiger partial charge in [-0.15, -0.1) is 11.3 Å². The molecule has 0 saturated heterocycles. The van der Waals surface area contributed by atoms with Crippen molar-refractivity contribution < 1.29 is 9.90 Å². The number of carboxylic acids is 1. The van der Waals surface area contributed by atoms with E-state index in [2.05, 4.69) is 22.0 Å². The Bertz CT molecular complexity index is 331. The van der Waals surface area contributed by atoms with Crippen LogP contribution in [0.5, 0.6) is 0 Å². The lowest BCUT2D eigenvalue weighted by molar-refractivity contribution is -0.136. The van der Waals surface area contributed by atoms with E-state index in [1.165, 1.54) is 11.3 Å². The minimum absolute atomic E-state index is 0.122. The zero-order valence-electron chi connectivity index (χ0n) is 7.57. The summed E-state index contributed by atoms with van der Waals surface area (Å²) in [5, 5.41) is 11.5. The molecule has 1 heterocycles. The molecule has 0 saturated carbocycles. The van der Waals surface area contributed by atoms with Crippen LogP contribution in [0.2, 0.25) is 0 Å². The first kappa shape index (κ1) is 11.5. The van der Waals surface area contributed by atoms with E-state index in [9.17, 15) is 4.79 Å². The number of hydrogen-bond acceptors (Lipinski definition) is 2. The Hall–Kier alpha value is -0.610. The van der Waals surface area contributed by atoms with E-state index in [-0.39, 0.29) is 6.42 Å². The van der Waals surface area contributed by atoms with Gasteiger partial charge in [-0.3, -0.25) is 4.79 Å². The van der Waals surface area contributed by atoms with E-state index in [0.29, 0.717) is 0 Å². The number of halogens is 1. The standard InChI is InChI=1S/C10H11BrO2S/c11-4-2-1-3-8-5-9(14-7-8)6-10(12)13/h1,3,5,7H,2,4,6H2,(H,12,13). The summed E-state index contributed by atoms with van der Waals surface area (Å²) in [6, 6.07) is 1.92. The van der Waals surface area contributed by atoms with Crippen LogP contribution in [0, 0.1) is 0 Å². The van der Waals surface area contributed by atoms with Gasteiger partial charge in [0.2, 0.25) is 0 Å². The van der Waals surface area contributed by atoms with E-state index in [1.54, 1.807) is 0 Å². The molecule has 76 valence electrons. The maximum atomic E-state index is 10.4. The summed E-state index contributed by atoms with van der Waals surface area (Å²) >= 11 is 4.83. The molecule has 1 aromatic rings. The predicted molar refractivity (Wildman–Crippen MR) is 63.1 cm³/mol. The van der Waals surface area contributed by atoms with Crippen LogP contribution in [0.3, 0.4) is 0 Å². The Balaban J connectivity index is 2.54. The molecule has 0 bridgehead atoms. The lowest BCUT2D eigenvalue weighted by atomic mass is 10.2. The molecule has 1 aromatic heterocycles. The van der Waals surface area contributed by atoms with Crippen LogP contribution < -0.4 is 0 Å². The van der Waals surface area contributed by atoms with E-state index in [1.807, 2.05) is 17.5 Å². The van der Waals surface area contributed by atoms with Crippen LogP contribution in [0.4, 0.5) is 0 Å². The Kier molecular flexibility index (Phi) is 4.90. The molecule has 2 nitrogen and oxygen atoms in total.